The van der Waals surface area contributed by atoms with E-state index in [1.54, 1.807) is 0 Å². The quantitative estimate of drug-likeness (QED) is 0.236. The molecule has 0 saturated carbocycles. The second-order valence-electron chi connectivity index (χ2n) is 8.77. The predicted molar refractivity (Wildman–Crippen MR) is 155 cm³/mol. The second kappa shape index (κ2) is 14.0. The zero-order valence-electron chi connectivity index (χ0n) is 21.1. The Kier molecular flexibility index (Phi) is 9.90. The Balaban J connectivity index is 1.70. The summed E-state index contributed by atoms with van der Waals surface area (Å²) in [5, 5.41) is 3.74. The van der Waals surface area contributed by atoms with Gasteiger partial charge in [0, 0.05) is 23.1 Å². The molecule has 2 atom stereocenters. The molecule has 188 valence electrons. The summed E-state index contributed by atoms with van der Waals surface area (Å²) >= 11 is 0. The molecule has 4 aromatic rings. The van der Waals surface area contributed by atoms with E-state index in [1.807, 2.05) is 60.7 Å². The summed E-state index contributed by atoms with van der Waals surface area (Å²) in [6.45, 7) is 1.20. The molecule has 4 rings (SSSR count). The van der Waals surface area contributed by atoms with E-state index in [-0.39, 0.29) is 18.6 Å². The van der Waals surface area contributed by atoms with E-state index in [0.717, 1.165) is 29.0 Å². The molecule has 0 bridgehead atoms. The fourth-order valence-corrected chi connectivity index (χ4v) is 4.67. The van der Waals surface area contributed by atoms with Crippen LogP contribution in [0.3, 0.4) is 0 Å². The van der Waals surface area contributed by atoms with Crippen molar-refractivity contribution in [3.63, 3.8) is 0 Å². The topological polar surface area (TPSA) is 88.8 Å². The maximum Gasteiger partial charge on any atom is 0.0921 e. The van der Waals surface area contributed by atoms with E-state index < -0.39 is 0 Å². The first kappa shape index (κ1) is 26.2. The first-order valence-electron chi connectivity index (χ1n) is 12.8. The first-order valence-corrected chi connectivity index (χ1v) is 12.8. The van der Waals surface area contributed by atoms with Gasteiger partial charge in [-0.15, -0.1) is 0 Å². The van der Waals surface area contributed by atoms with Crippen molar-refractivity contribution in [2.45, 2.75) is 18.4 Å². The van der Waals surface area contributed by atoms with Crippen molar-refractivity contribution < 1.29 is 0 Å². The molecule has 0 aromatic heterocycles. The van der Waals surface area contributed by atoms with Crippen LogP contribution in [0.15, 0.2) is 131 Å². The maximum atomic E-state index is 6.09. The fraction of sp³-hybridized carbons (Fsp3) is 0.188. The smallest absolute Gasteiger partial charge is 0.0921 e. The molecular weight excluding hydrogens is 454 g/mol. The largest absolute Gasteiger partial charge is 0.330 e. The predicted octanol–water partition coefficient (Wildman–Crippen LogP) is 5.30. The Morgan fingerprint density at radius 3 is 1.54 bits per heavy atom. The number of aliphatic imine (C=N–C) groups is 2. The van der Waals surface area contributed by atoms with Gasteiger partial charge in [0.2, 0.25) is 0 Å². The average Bonchev–Trinajstić information content (AvgIpc) is 2.97. The second-order valence-corrected chi connectivity index (χ2v) is 8.77. The van der Waals surface area contributed by atoms with Gasteiger partial charge in [0.15, 0.2) is 0 Å². The summed E-state index contributed by atoms with van der Waals surface area (Å²) in [4.78, 5) is 9.74. The summed E-state index contributed by atoms with van der Waals surface area (Å²) in [5.74, 6) is 0.204. The van der Waals surface area contributed by atoms with Gasteiger partial charge in [-0.05, 0) is 24.1 Å². The minimum Gasteiger partial charge on any atom is -0.330 e. The summed E-state index contributed by atoms with van der Waals surface area (Å²) in [6, 6.07) is 41.4. The molecule has 0 heterocycles. The van der Waals surface area contributed by atoms with Crippen LogP contribution < -0.4 is 16.8 Å². The van der Waals surface area contributed by atoms with Gasteiger partial charge in [-0.1, -0.05) is 121 Å². The van der Waals surface area contributed by atoms with Crippen molar-refractivity contribution in [1.29, 1.82) is 0 Å². The summed E-state index contributed by atoms with van der Waals surface area (Å²) in [6.07, 6.45) is 0.857. The standard InChI is InChI=1S/C32H35N5/c33-22-21-29(25-13-5-1-6-14-25)30(26-15-7-2-8-16-26)36-24-37-32(28-19-11-4-12-20-28)31(35-23-34)27-17-9-3-10-18-27/h1-20,29-30,36H,21-24,33-34H2. The van der Waals surface area contributed by atoms with Crippen LogP contribution in [0, 0.1) is 0 Å². The molecule has 0 saturated heterocycles. The van der Waals surface area contributed by atoms with Crippen LogP contribution in [-0.4, -0.2) is 31.3 Å². The van der Waals surface area contributed by atoms with E-state index in [4.69, 9.17) is 16.5 Å². The zero-order valence-corrected chi connectivity index (χ0v) is 21.1. The van der Waals surface area contributed by atoms with Crippen LogP contribution in [0.5, 0.6) is 0 Å². The zero-order chi connectivity index (χ0) is 25.7. The molecule has 0 spiro atoms. The molecule has 0 aliphatic carbocycles. The Labute approximate surface area is 220 Å². The van der Waals surface area contributed by atoms with Crippen molar-refractivity contribution >= 4 is 11.4 Å². The van der Waals surface area contributed by atoms with Gasteiger partial charge in [0.1, 0.15) is 0 Å². The van der Waals surface area contributed by atoms with E-state index in [9.17, 15) is 0 Å². The lowest BCUT2D eigenvalue weighted by atomic mass is 9.84. The highest BCUT2D eigenvalue weighted by atomic mass is 15.0. The number of benzene rings is 4. The number of rotatable bonds is 12. The van der Waals surface area contributed by atoms with E-state index in [0.29, 0.717) is 13.2 Å². The van der Waals surface area contributed by atoms with Gasteiger partial charge >= 0.3 is 0 Å². The molecule has 0 amide bonds. The lowest BCUT2D eigenvalue weighted by Crippen LogP contribution is -2.30. The Hall–Kier alpha value is -3.90. The minimum atomic E-state index is 0.0412. The number of nitrogens with one attached hydrogen (secondary N) is 1. The van der Waals surface area contributed by atoms with Gasteiger partial charge < -0.3 is 11.5 Å². The highest BCUT2D eigenvalue weighted by Gasteiger charge is 2.24. The average molecular weight is 490 g/mol. The van der Waals surface area contributed by atoms with E-state index in [1.165, 1.54) is 11.1 Å². The van der Waals surface area contributed by atoms with Gasteiger partial charge in [0.05, 0.1) is 24.8 Å². The van der Waals surface area contributed by atoms with Crippen LogP contribution in [0.25, 0.3) is 0 Å². The summed E-state index contributed by atoms with van der Waals surface area (Å²) in [7, 11) is 0. The van der Waals surface area contributed by atoms with Crippen molar-refractivity contribution in [3.8, 4) is 0 Å². The summed E-state index contributed by atoms with van der Waals surface area (Å²) in [5.41, 5.74) is 18.0. The van der Waals surface area contributed by atoms with E-state index in [2.05, 4.69) is 71.0 Å². The van der Waals surface area contributed by atoms with Crippen molar-refractivity contribution in [3.05, 3.63) is 144 Å². The van der Waals surface area contributed by atoms with Crippen LogP contribution in [0.2, 0.25) is 0 Å². The third kappa shape index (κ3) is 7.08. The normalized spacial score (nSPS) is 13.8. The van der Waals surface area contributed by atoms with Gasteiger partial charge in [-0.2, -0.15) is 0 Å². The SMILES string of the molecule is NCCC(c1ccccc1)C(NCN=C(C(=NCN)c1ccccc1)c1ccccc1)c1ccccc1. The van der Waals surface area contributed by atoms with Crippen LogP contribution in [0.1, 0.15) is 40.6 Å². The highest BCUT2D eigenvalue weighted by molar-refractivity contribution is 6.53. The number of hydrogen-bond donors (Lipinski definition) is 3. The number of hydrogen-bond acceptors (Lipinski definition) is 5. The molecule has 4 aromatic carbocycles. The molecule has 0 aliphatic rings. The monoisotopic (exact) mass is 489 g/mol. The lowest BCUT2D eigenvalue weighted by Gasteiger charge is -2.29. The van der Waals surface area contributed by atoms with Crippen LogP contribution >= 0.6 is 0 Å². The fourth-order valence-electron chi connectivity index (χ4n) is 4.67. The minimum absolute atomic E-state index is 0.0412. The number of nitrogens with two attached hydrogens (primary N) is 2. The molecule has 0 aliphatic heterocycles. The number of nitrogens with zero attached hydrogens (tertiary/aromatic N) is 2. The maximum absolute atomic E-state index is 6.09. The molecular formula is C32H35N5. The third-order valence-corrected chi connectivity index (χ3v) is 6.38. The first-order chi connectivity index (χ1) is 18.3. The van der Waals surface area contributed by atoms with Crippen LogP contribution in [-0.2, 0) is 0 Å². The Morgan fingerprint density at radius 2 is 1.05 bits per heavy atom. The third-order valence-electron chi connectivity index (χ3n) is 6.38. The Bertz CT molecular complexity index is 1260. The van der Waals surface area contributed by atoms with Gasteiger partial charge in [-0.25, -0.2) is 0 Å². The van der Waals surface area contributed by atoms with Crippen molar-refractivity contribution in [2.24, 2.45) is 21.5 Å². The van der Waals surface area contributed by atoms with E-state index >= 15 is 0 Å². The highest BCUT2D eigenvalue weighted by Crippen LogP contribution is 2.33. The molecule has 2 unspecified atom stereocenters. The van der Waals surface area contributed by atoms with Crippen molar-refractivity contribution in [2.75, 3.05) is 19.9 Å². The molecule has 5 heteroatoms. The molecule has 5 N–H and O–H groups in total. The molecule has 37 heavy (non-hydrogen) atoms. The molecule has 0 radical (unpaired) electrons. The van der Waals surface area contributed by atoms with Crippen molar-refractivity contribution in [1.82, 2.24) is 5.32 Å². The van der Waals surface area contributed by atoms with Crippen LogP contribution in [0.4, 0.5) is 0 Å². The van der Waals surface area contributed by atoms with Gasteiger partial charge in [-0.3, -0.25) is 15.3 Å². The van der Waals surface area contributed by atoms with Gasteiger partial charge in [0.25, 0.3) is 0 Å². The summed E-state index contributed by atoms with van der Waals surface area (Å²) < 4.78 is 0. The molecule has 5 nitrogen and oxygen atoms in total. The Morgan fingerprint density at radius 1 is 0.595 bits per heavy atom. The molecule has 0 fully saturated rings. The lowest BCUT2D eigenvalue weighted by molar-refractivity contribution is 0.434.